The molecule has 0 radical (unpaired) electrons. The number of halogens is 3. The summed E-state index contributed by atoms with van der Waals surface area (Å²) in [5.74, 6) is -0.313. The van der Waals surface area contributed by atoms with Crippen molar-refractivity contribution in [2.45, 2.75) is 24.9 Å². The van der Waals surface area contributed by atoms with E-state index in [0.717, 1.165) is 19.4 Å². The Bertz CT molecular complexity index is 573. The molecule has 2 aliphatic rings. The molecule has 3 rings (SSSR count). The molecule has 2 aliphatic heterocycles. The summed E-state index contributed by atoms with van der Waals surface area (Å²) < 4.78 is 19.8. The first kappa shape index (κ1) is 23.1. The van der Waals surface area contributed by atoms with E-state index in [1.807, 2.05) is 16.8 Å². The third kappa shape index (κ3) is 5.30. The van der Waals surface area contributed by atoms with Crippen molar-refractivity contribution in [1.29, 1.82) is 0 Å². The van der Waals surface area contributed by atoms with Gasteiger partial charge >= 0.3 is 0 Å². The van der Waals surface area contributed by atoms with Crippen LogP contribution in [0.1, 0.15) is 24.4 Å². The summed E-state index contributed by atoms with van der Waals surface area (Å²) in [7, 11) is 1.93. The zero-order chi connectivity index (χ0) is 16.9. The minimum absolute atomic E-state index is 0. The molecule has 2 unspecified atom stereocenters. The number of carbonyl (C=O) groups excluding carboxylic acids is 1. The van der Waals surface area contributed by atoms with Gasteiger partial charge in [0, 0.05) is 37.8 Å². The molecular weight excluding hydrogens is 380 g/mol. The second kappa shape index (κ2) is 11.0. The summed E-state index contributed by atoms with van der Waals surface area (Å²) in [5, 5.41) is 3.26. The summed E-state index contributed by atoms with van der Waals surface area (Å²) in [6, 6.07) is 6.37. The second-order valence-electron chi connectivity index (χ2n) is 6.48. The Balaban J connectivity index is 0.00000169. The van der Waals surface area contributed by atoms with Gasteiger partial charge < -0.3 is 15.0 Å². The smallest absolute Gasteiger partial charge is 0.244 e. The highest BCUT2D eigenvalue weighted by Gasteiger charge is 2.35. The van der Waals surface area contributed by atoms with Gasteiger partial charge in [0.2, 0.25) is 5.91 Å². The lowest BCUT2D eigenvalue weighted by atomic mass is 9.99. The van der Waals surface area contributed by atoms with E-state index in [9.17, 15) is 9.18 Å². The molecule has 8 heteroatoms. The van der Waals surface area contributed by atoms with E-state index in [-0.39, 0.29) is 36.5 Å². The van der Waals surface area contributed by atoms with Crippen LogP contribution in [0.15, 0.2) is 24.3 Å². The predicted octanol–water partition coefficient (Wildman–Crippen LogP) is 2.25. The Hall–Kier alpha value is -0.920. The van der Waals surface area contributed by atoms with Crippen LogP contribution in [-0.2, 0) is 9.53 Å². The van der Waals surface area contributed by atoms with Crippen molar-refractivity contribution >= 4 is 30.7 Å². The van der Waals surface area contributed by atoms with Gasteiger partial charge in [0.25, 0.3) is 0 Å². The van der Waals surface area contributed by atoms with Gasteiger partial charge in [0.15, 0.2) is 0 Å². The largest absolute Gasteiger partial charge is 0.379 e. The van der Waals surface area contributed by atoms with Crippen LogP contribution < -0.4 is 5.32 Å². The fourth-order valence-corrected chi connectivity index (χ4v) is 3.60. The first-order valence-corrected chi connectivity index (χ1v) is 8.73. The van der Waals surface area contributed by atoms with Gasteiger partial charge in [-0.2, -0.15) is 0 Å². The lowest BCUT2D eigenvalue weighted by Gasteiger charge is -2.39. The molecular formula is C18H28Cl2FN3O2. The van der Waals surface area contributed by atoms with Crippen molar-refractivity contribution in [3.8, 4) is 0 Å². The molecule has 1 amide bonds. The highest BCUT2D eigenvalue weighted by Crippen LogP contribution is 2.27. The van der Waals surface area contributed by atoms with Crippen LogP contribution in [0.3, 0.4) is 0 Å². The molecule has 0 bridgehead atoms. The maximum Gasteiger partial charge on any atom is 0.244 e. The normalized spacial score (nSPS) is 22.1. The molecule has 26 heavy (non-hydrogen) atoms. The number of amides is 1. The van der Waals surface area contributed by atoms with Crippen LogP contribution in [0, 0.1) is 5.82 Å². The number of likely N-dealkylation sites (N-methyl/N-ethyl adjacent to an activating group) is 1. The maximum absolute atomic E-state index is 14.4. The fourth-order valence-electron chi connectivity index (χ4n) is 3.60. The van der Waals surface area contributed by atoms with Crippen molar-refractivity contribution in [1.82, 2.24) is 15.1 Å². The van der Waals surface area contributed by atoms with E-state index in [1.165, 1.54) is 6.07 Å². The number of rotatable bonds is 4. The van der Waals surface area contributed by atoms with E-state index >= 15 is 0 Å². The van der Waals surface area contributed by atoms with Crippen LogP contribution in [0.5, 0.6) is 0 Å². The number of benzene rings is 1. The lowest BCUT2D eigenvalue weighted by Crippen LogP contribution is -2.52. The average Bonchev–Trinajstić information content (AvgIpc) is 2.64. The number of carbonyl (C=O) groups is 1. The second-order valence-corrected chi connectivity index (χ2v) is 6.48. The van der Waals surface area contributed by atoms with Crippen molar-refractivity contribution < 1.29 is 13.9 Å². The van der Waals surface area contributed by atoms with E-state index in [1.54, 1.807) is 18.2 Å². The van der Waals surface area contributed by atoms with Crippen LogP contribution >= 0.6 is 24.8 Å². The van der Waals surface area contributed by atoms with Crippen molar-refractivity contribution in [2.24, 2.45) is 0 Å². The zero-order valence-electron chi connectivity index (χ0n) is 15.0. The number of piperidine rings is 1. The first-order chi connectivity index (χ1) is 11.7. The monoisotopic (exact) mass is 407 g/mol. The Morgan fingerprint density at radius 2 is 1.92 bits per heavy atom. The van der Waals surface area contributed by atoms with Crippen molar-refractivity contribution in [2.75, 3.05) is 46.4 Å². The number of nitrogens with one attached hydrogen (secondary N) is 1. The number of morpholine rings is 1. The molecule has 2 atom stereocenters. The van der Waals surface area contributed by atoms with Crippen LogP contribution in [0.2, 0.25) is 0 Å². The molecule has 0 spiro atoms. The summed E-state index contributed by atoms with van der Waals surface area (Å²) in [4.78, 5) is 17.2. The number of ether oxygens (including phenoxy) is 1. The fraction of sp³-hybridized carbons (Fsp3) is 0.611. The van der Waals surface area contributed by atoms with Gasteiger partial charge in [0.1, 0.15) is 11.9 Å². The quantitative estimate of drug-likeness (QED) is 0.830. The molecule has 2 saturated heterocycles. The summed E-state index contributed by atoms with van der Waals surface area (Å²) in [5.41, 5.74) is 0.469. The van der Waals surface area contributed by atoms with Gasteiger partial charge in [0.05, 0.1) is 13.2 Å². The maximum atomic E-state index is 14.4. The molecule has 0 saturated carbocycles. The summed E-state index contributed by atoms with van der Waals surface area (Å²) in [6.07, 6.45) is 2.05. The van der Waals surface area contributed by atoms with E-state index in [4.69, 9.17) is 4.74 Å². The molecule has 0 aromatic heterocycles. The van der Waals surface area contributed by atoms with E-state index < -0.39 is 6.04 Å². The summed E-state index contributed by atoms with van der Waals surface area (Å²) >= 11 is 0. The third-order valence-corrected chi connectivity index (χ3v) is 4.99. The Kier molecular flexibility index (Phi) is 9.82. The average molecular weight is 408 g/mol. The minimum Gasteiger partial charge on any atom is -0.379 e. The molecule has 1 aromatic rings. The Morgan fingerprint density at radius 1 is 1.23 bits per heavy atom. The Labute approximate surface area is 167 Å². The Morgan fingerprint density at radius 3 is 2.58 bits per heavy atom. The number of hydrogen-bond donors (Lipinski definition) is 1. The molecule has 5 nitrogen and oxygen atoms in total. The van der Waals surface area contributed by atoms with Crippen molar-refractivity contribution in [3.05, 3.63) is 35.6 Å². The highest BCUT2D eigenvalue weighted by molar-refractivity contribution is 5.85. The van der Waals surface area contributed by atoms with E-state index in [2.05, 4.69) is 5.32 Å². The van der Waals surface area contributed by atoms with Gasteiger partial charge in [-0.15, -0.1) is 24.8 Å². The highest BCUT2D eigenvalue weighted by atomic mass is 35.5. The topological polar surface area (TPSA) is 44.8 Å². The first-order valence-electron chi connectivity index (χ1n) is 8.73. The van der Waals surface area contributed by atoms with Crippen LogP contribution in [-0.4, -0.2) is 68.2 Å². The SMILES string of the molecule is CNC1CCCN(C(=O)C(c2ccccc2F)N2CCOCC2)C1.Cl.Cl. The molecule has 0 aliphatic carbocycles. The van der Waals surface area contributed by atoms with Crippen LogP contribution in [0.4, 0.5) is 4.39 Å². The van der Waals surface area contributed by atoms with E-state index in [0.29, 0.717) is 44.5 Å². The standard InChI is InChI=1S/C18H26FN3O2.2ClH/c1-20-14-5-4-8-22(13-14)18(23)17(21-9-11-24-12-10-21)15-6-2-3-7-16(15)19;;/h2-3,6-7,14,17,20H,4-5,8-13H2,1H3;2*1H. The number of nitrogens with zero attached hydrogens (tertiary/aromatic N) is 2. The number of likely N-dealkylation sites (tertiary alicyclic amines) is 1. The minimum atomic E-state index is -0.564. The van der Waals surface area contributed by atoms with Crippen LogP contribution in [0.25, 0.3) is 0 Å². The summed E-state index contributed by atoms with van der Waals surface area (Å²) in [6.45, 7) is 3.88. The number of hydrogen-bond acceptors (Lipinski definition) is 4. The predicted molar refractivity (Wildman–Crippen MR) is 105 cm³/mol. The van der Waals surface area contributed by atoms with Gasteiger partial charge in [-0.25, -0.2) is 4.39 Å². The molecule has 148 valence electrons. The molecule has 1 N–H and O–H groups in total. The third-order valence-electron chi connectivity index (χ3n) is 4.99. The zero-order valence-corrected chi connectivity index (χ0v) is 16.7. The molecule has 2 fully saturated rings. The molecule has 2 heterocycles. The lowest BCUT2D eigenvalue weighted by molar-refractivity contribution is -0.140. The van der Waals surface area contributed by atoms with Gasteiger partial charge in [-0.3, -0.25) is 9.69 Å². The molecule has 1 aromatic carbocycles. The van der Waals surface area contributed by atoms with Gasteiger partial charge in [-0.05, 0) is 26.0 Å². The van der Waals surface area contributed by atoms with Gasteiger partial charge in [-0.1, -0.05) is 18.2 Å². The van der Waals surface area contributed by atoms with Crippen molar-refractivity contribution in [3.63, 3.8) is 0 Å².